The number of carbonyl (C=O) groups excluding carboxylic acids is 1. The Balaban J connectivity index is 2.81. The number of hydrogen-bond donors (Lipinski definition) is 2. The fourth-order valence-electron chi connectivity index (χ4n) is 1.70. The predicted molar refractivity (Wildman–Crippen MR) is 69.2 cm³/mol. The lowest BCUT2D eigenvalue weighted by molar-refractivity contribution is 0.0935. The number of ether oxygens (including phenoxy) is 1. The van der Waals surface area contributed by atoms with Crippen LogP contribution in [0.2, 0.25) is 0 Å². The van der Waals surface area contributed by atoms with Crippen LogP contribution in [0.3, 0.4) is 0 Å². The third-order valence-corrected chi connectivity index (χ3v) is 2.57. The van der Waals surface area contributed by atoms with E-state index < -0.39 is 0 Å². The van der Waals surface area contributed by atoms with Gasteiger partial charge >= 0.3 is 0 Å². The van der Waals surface area contributed by atoms with Gasteiger partial charge in [0.05, 0.1) is 12.7 Å². The highest BCUT2D eigenvalue weighted by molar-refractivity contribution is 5.97. The lowest BCUT2D eigenvalue weighted by Crippen LogP contribution is -2.32. The molecule has 0 spiro atoms. The number of hydrogen-bond acceptors (Lipinski definition) is 3. The molecule has 0 heterocycles. The summed E-state index contributed by atoms with van der Waals surface area (Å²) in [7, 11) is 1.53. The first-order chi connectivity index (χ1) is 8.08. The third kappa shape index (κ3) is 3.66. The molecule has 1 unspecified atom stereocenters. The van der Waals surface area contributed by atoms with Gasteiger partial charge in [0, 0.05) is 17.8 Å². The van der Waals surface area contributed by atoms with Crippen LogP contribution in [0.4, 0.5) is 5.69 Å². The van der Waals surface area contributed by atoms with Crippen molar-refractivity contribution in [2.24, 2.45) is 0 Å². The maximum atomic E-state index is 12.0. The third-order valence-electron chi connectivity index (χ3n) is 2.57. The van der Waals surface area contributed by atoms with Gasteiger partial charge in [-0.05, 0) is 25.5 Å². The summed E-state index contributed by atoms with van der Waals surface area (Å²) in [6.07, 6.45) is 2.00. The van der Waals surface area contributed by atoms with Crippen molar-refractivity contribution in [1.82, 2.24) is 5.32 Å². The van der Waals surface area contributed by atoms with E-state index in [2.05, 4.69) is 12.2 Å². The van der Waals surface area contributed by atoms with Crippen molar-refractivity contribution in [2.75, 3.05) is 12.8 Å². The molecule has 4 heteroatoms. The molecule has 0 saturated heterocycles. The molecule has 4 nitrogen and oxygen atoms in total. The Morgan fingerprint density at radius 1 is 1.53 bits per heavy atom. The number of carbonyl (C=O) groups is 1. The number of anilines is 1. The molecule has 1 atom stereocenters. The normalized spacial score (nSPS) is 11.9. The smallest absolute Gasteiger partial charge is 0.255 e. The van der Waals surface area contributed by atoms with Crippen LogP contribution in [0.15, 0.2) is 18.2 Å². The largest absolute Gasteiger partial charge is 0.496 e. The van der Waals surface area contributed by atoms with Crippen LogP contribution in [-0.2, 0) is 0 Å². The molecule has 17 heavy (non-hydrogen) atoms. The van der Waals surface area contributed by atoms with Gasteiger partial charge in [-0.2, -0.15) is 0 Å². The quantitative estimate of drug-likeness (QED) is 0.770. The SMILES string of the molecule is CCCC(C)NC(=O)c1ccc(N)cc1OC. The van der Waals surface area contributed by atoms with E-state index in [1.807, 2.05) is 6.92 Å². The molecule has 0 fully saturated rings. The number of nitrogen functional groups attached to an aromatic ring is 1. The predicted octanol–water partition coefficient (Wildman–Crippen LogP) is 2.20. The van der Waals surface area contributed by atoms with E-state index >= 15 is 0 Å². The van der Waals surface area contributed by atoms with Crippen LogP contribution in [0.5, 0.6) is 5.75 Å². The average molecular weight is 236 g/mol. The molecule has 3 N–H and O–H groups in total. The van der Waals surface area contributed by atoms with Crippen LogP contribution in [-0.4, -0.2) is 19.1 Å². The summed E-state index contributed by atoms with van der Waals surface area (Å²) >= 11 is 0. The van der Waals surface area contributed by atoms with E-state index in [4.69, 9.17) is 10.5 Å². The molecule has 1 amide bonds. The Labute approximate surface area is 102 Å². The minimum Gasteiger partial charge on any atom is -0.496 e. The zero-order valence-corrected chi connectivity index (χ0v) is 10.6. The number of nitrogens with one attached hydrogen (secondary N) is 1. The fraction of sp³-hybridized carbons (Fsp3) is 0.462. The van der Waals surface area contributed by atoms with E-state index in [-0.39, 0.29) is 11.9 Å². The van der Waals surface area contributed by atoms with Crippen molar-refractivity contribution in [3.8, 4) is 5.75 Å². The van der Waals surface area contributed by atoms with Crippen molar-refractivity contribution < 1.29 is 9.53 Å². The standard InChI is InChI=1S/C13H20N2O2/c1-4-5-9(2)15-13(16)11-7-6-10(14)8-12(11)17-3/h6-9H,4-5,14H2,1-3H3,(H,15,16). The first-order valence-electron chi connectivity index (χ1n) is 5.82. The van der Waals surface area contributed by atoms with Crippen molar-refractivity contribution in [3.63, 3.8) is 0 Å². The fourth-order valence-corrected chi connectivity index (χ4v) is 1.70. The summed E-state index contributed by atoms with van der Waals surface area (Å²) in [6.45, 7) is 4.08. The lowest BCUT2D eigenvalue weighted by Gasteiger charge is -2.14. The highest BCUT2D eigenvalue weighted by Gasteiger charge is 2.14. The Morgan fingerprint density at radius 2 is 2.24 bits per heavy atom. The molecule has 1 aromatic rings. The van der Waals surface area contributed by atoms with Gasteiger partial charge in [0.1, 0.15) is 5.75 Å². The number of methoxy groups -OCH3 is 1. The monoisotopic (exact) mass is 236 g/mol. The molecule has 0 aromatic heterocycles. The second-order valence-corrected chi connectivity index (χ2v) is 4.12. The Hall–Kier alpha value is -1.71. The minimum absolute atomic E-state index is 0.122. The molecule has 0 aliphatic carbocycles. The van der Waals surface area contributed by atoms with E-state index in [1.165, 1.54) is 7.11 Å². The summed E-state index contributed by atoms with van der Waals surface area (Å²) in [4.78, 5) is 12.0. The Bertz CT molecular complexity index is 391. The average Bonchev–Trinajstić information content (AvgIpc) is 2.28. The van der Waals surface area contributed by atoms with E-state index in [0.29, 0.717) is 17.0 Å². The molecule has 94 valence electrons. The summed E-state index contributed by atoms with van der Waals surface area (Å²) in [5, 5.41) is 2.93. The first kappa shape index (κ1) is 13.4. The minimum atomic E-state index is -0.122. The van der Waals surface area contributed by atoms with Crippen LogP contribution < -0.4 is 15.8 Å². The van der Waals surface area contributed by atoms with Crippen LogP contribution in [0.1, 0.15) is 37.0 Å². The second kappa shape index (κ2) is 6.13. The van der Waals surface area contributed by atoms with Gasteiger partial charge in [-0.25, -0.2) is 0 Å². The number of rotatable bonds is 5. The number of nitrogens with two attached hydrogens (primary N) is 1. The Morgan fingerprint density at radius 3 is 2.82 bits per heavy atom. The molecule has 1 rings (SSSR count). The van der Waals surface area contributed by atoms with E-state index in [1.54, 1.807) is 18.2 Å². The molecule has 0 saturated carbocycles. The molecule has 0 radical (unpaired) electrons. The van der Waals surface area contributed by atoms with Crippen molar-refractivity contribution >= 4 is 11.6 Å². The Kier molecular flexibility index (Phi) is 4.82. The lowest BCUT2D eigenvalue weighted by atomic mass is 10.1. The molecular formula is C13H20N2O2. The zero-order chi connectivity index (χ0) is 12.8. The van der Waals surface area contributed by atoms with Crippen LogP contribution in [0.25, 0.3) is 0 Å². The van der Waals surface area contributed by atoms with Gasteiger partial charge in [0.15, 0.2) is 0 Å². The van der Waals surface area contributed by atoms with E-state index in [9.17, 15) is 4.79 Å². The van der Waals surface area contributed by atoms with Crippen LogP contribution in [0, 0.1) is 0 Å². The van der Waals surface area contributed by atoms with Gasteiger partial charge in [0.25, 0.3) is 5.91 Å². The maximum Gasteiger partial charge on any atom is 0.255 e. The topological polar surface area (TPSA) is 64.4 Å². The molecule has 1 aromatic carbocycles. The number of benzene rings is 1. The molecule has 0 aliphatic rings. The summed E-state index contributed by atoms with van der Waals surface area (Å²) in [6, 6.07) is 5.19. The molecule has 0 aliphatic heterocycles. The van der Waals surface area contributed by atoms with E-state index in [0.717, 1.165) is 12.8 Å². The van der Waals surface area contributed by atoms with Gasteiger partial charge in [-0.1, -0.05) is 13.3 Å². The number of amides is 1. The molecular weight excluding hydrogens is 216 g/mol. The summed E-state index contributed by atoms with van der Waals surface area (Å²) in [5.41, 5.74) is 6.74. The van der Waals surface area contributed by atoms with Gasteiger partial charge in [0.2, 0.25) is 0 Å². The molecule has 0 bridgehead atoms. The summed E-state index contributed by atoms with van der Waals surface area (Å²) in [5.74, 6) is 0.383. The van der Waals surface area contributed by atoms with Crippen molar-refractivity contribution in [1.29, 1.82) is 0 Å². The zero-order valence-electron chi connectivity index (χ0n) is 10.6. The highest BCUT2D eigenvalue weighted by Crippen LogP contribution is 2.21. The van der Waals surface area contributed by atoms with Crippen LogP contribution >= 0.6 is 0 Å². The highest BCUT2D eigenvalue weighted by atomic mass is 16.5. The first-order valence-corrected chi connectivity index (χ1v) is 5.82. The second-order valence-electron chi connectivity index (χ2n) is 4.12. The summed E-state index contributed by atoms with van der Waals surface area (Å²) < 4.78 is 5.15. The van der Waals surface area contributed by atoms with Crippen molar-refractivity contribution in [3.05, 3.63) is 23.8 Å². The maximum absolute atomic E-state index is 12.0. The van der Waals surface area contributed by atoms with Crippen molar-refractivity contribution in [2.45, 2.75) is 32.7 Å². The van der Waals surface area contributed by atoms with Gasteiger partial charge in [-0.15, -0.1) is 0 Å². The van der Waals surface area contributed by atoms with Gasteiger partial charge < -0.3 is 15.8 Å². The van der Waals surface area contributed by atoms with Gasteiger partial charge in [-0.3, -0.25) is 4.79 Å².